The van der Waals surface area contributed by atoms with Crippen molar-refractivity contribution >= 4 is 38.9 Å². The summed E-state index contributed by atoms with van der Waals surface area (Å²) in [6.45, 7) is 4.53. The van der Waals surface area contributed by atoms with Crippen molar-refractivity contribution in [3.8, 4) is 27.9 Å². The molecule has 47 heavy (non-hydrogen) atoms. The maximum absolute atomic E-state index is 9.30. The molecule has 1 aliphatic carbocycles. The van der Waals surface area contributed by atoms with E-state index in [0.717, 1.165) is 55.7 Å². The quantitative estimate of drug-likeness (QED) is 0.189. The molecule has 0 bridgehead atoms. The van der Waals surface area contributed by atoms with Crippen LogP contribution in [0.1, 0.15) is 31.8 Å². The van der Waals surface area contributed by atoms with E-state index in [2.05, 4.69) is 71.8 Å². The summed E-state index contributed by atoms with van der Waals surface area (Å²) in [6.07, 6.45) is 0. The van der Waals surface area contributed by atoms with E-state index in [4.69, 9.17) is 5.48 Å². The Morgan fingerprint density at radius 3 is 1.89 bits per heavy atom. The second-order valence-electron chi connectivity index (χ2n) is 12.7. The number of hydrogen-bond donors (Lipinski definition) is 0. The number of nitrogens with zero attached hydrogens (tertiary/aromatic N) is 2. The van der Waals surface area contributed by atoms with Gasteiger partial charge in [0.05, 0.1) is 17.9 Å². The SMILES string of the molecule is [2H]c1ccc(N(c2ccc([2H])cc2)c2ccc(-c3cc4c5cc([2H])c([2H])cc5n(-c5ccc6c(c5)C(C)(C)c5ccccc5-6)c4cc3[2H])cc2)cc1. The summed E-state index contributed by atoms with van der Waals surface area (Å²) in [4.78, 5) is 2.09. The van der Waals surface area contributed by atoms with Gasteiger partial charge in [0.25, 0.3) is 0 Å². The number of aromatic nitrogens is 1. The minimum atomic E-state index is -0.179. The lowest BCUT2D eigenvalue weighted by Crippen LogP contribution is -2.15. The van der Waals surface area contributed by atoms with E-state index < -0.39 is 0 Å². The van der Waals surface area contributed by atoms with Crippen molar-refractivity contribution in [1.29, 1.82) is 0 Å². The average Bonchev–Trinajstić information content (AvgIpc) is 3.56. The van der Waals surface area contributed by atoms with Gasteiger partial charge in [-0.15, -0.1) is 0 Å². The standard InChI is InChI=1S/C45H34N2/c1-45(2)41-19-11-9-17-37(41)38-27-26-36(30-42(38)45)47-43-20-12-10-18-39(43)40-29-32(23-28-44(40)47)31-21-24-35(25-22-31)46(33-13-5-3-6-14-33)34-15-7-4-8-16-34/h3-30H,1-2H3/i3D,4D,10D,12D,23D. The average molecular weight is 608 g/mol. The summed E-state index contributed by atoms with van der Waals surface area (Å²) in [6, 6.07) is 47.1. The molecule has 0 amide bonds. The fourth-order valence-corrected chi connectivity index (χ4v) is 7.36. The molecule has 7 aromatic carbocycles. The summed E-state index contributed by atoms with van der Waals surface area (Å²) in [5, 5.41) is 1.80. The first kappa shape index (κ1) is 22.6. The normalized spacial score (nSPS) is 14.6. The molecule has 9 rings (SSSR count). The molecule has 0 atom stereocenters. The summed E-state index contributed by atoms with van der Waals surface area (Å²) in [5.74, 6) is 0. The minimum Gasteiger partial charge on any atom is -0.311 e. The molecule has 0 saturated carbocycles. The van der Waals surface area contributed by atoms with Crippen molar-refractivity contribution in [2.45, 2.75) is 19.3 Å². The summed E-state index contributed by atoms with van der Waals surface area (Å²) in [7, 11) is 0. The van der Waals surface area contributed by atoms with Gasteiger partial charge < -0.3 is 9.47 Å². The Hall–Kier alpha value is -5.86. The predicted molar refractivity (Wildman–Crippen MR) is 198 cm³/mol. The van der Waals surface area contributed by atoms with Crippen molar-refractivity contribution in [1.82, 2.24) is 4.57 Å². The van der Waals surface area contributed by atoms with Crippen LogP contribution < -0.4 is 4.90 Å². The molecule has 0 radical (unpaired) electrons. The molecule has 1 heterocycles. The van der Waals surface area contributed by atoms with Crippen LogP contribution in [0.4, 0.5) is 17.1 Å². The topological polar surface area (TPSA) is 8.17 Å². The van der Waals surface area contributed by atoms with E-state index in [1.807, 2.05) is 54.6 Å². The molecule has 0 aliphatic heterocycles. The molecule has 1 aromatic heterocycles. The van der Waals surface area contributed by atoms with Crippen molar-refractivity contribution in [3.05, 3.63) is 181 Å². The van der Waals surface area contributed by atoms with Crippen LogP contribution in [0.15, 0.2) is 170 Å². The highest BCUT2D eigenvalue weighted by Crippen LogP contribution is 2.49. The second kappa shape index (κ2) is 10.6. The molecule has 224 valence electrons. The van der Waals surface area contributed by atoms with Gasteiger partial charge in [0.2, 0.25) is 0 Å². The van der Waals surface area contributed by atoms with Gasteiger partial charge in [-0.3, -0.25) is 0 Å². The lowest BCUT2D eigenvalue weighted by Gasteiger charge is -2.25. The lowest BCUT2D eigenvalue weighted by atomic mass is 9.82. The highest BCUT2D eigenvalue weighted by atomic mass is 15.1. The minimum absolute atomic E-state index is 0.159. The Kier molecular flexibility index (Phi) is 5.10. The van der Waals surface area contributed by atoms with E-state index in [9.17, 15) is 1.37 Å². The molecule has 0 N–H and O–H groups in total. The number of benzene rings is 7. The third kappa shape index (κ3) is 4.33. The van der Waals surface area contributed by atoms with Crippen LogP contribution in [-0.4, -0.2) is 4.57 Å². The molecule has 1 aliphatic rings. The zero-order valence-electron chi connectivity index (χ0n) is 31.2. The van der Waals surface area contributed by atoms with E-state index in [0.29, 0.717) is 18.1 Å². The first-order chi connectivity index (χ1) is 25.1. The van der Waals surface area contributed by atoms with Gasteiger partial charge in [0, 0.05) is 38.9 Å². The smallest absolute Gasteiger partial charge is 0.0630 e. The third-order valence-electron chi connectivity index (χ3n) is 9.67. The summed E-state index contributed by atoms with van der Waals surface area (Å²) < 4.78 is 44.5. The number of anilines is 3. The van der Waals surface area contributed by atoms with Gasteiger partial charge in [-0.2, -0.15) is 0 Å². The van der Waals surface area contributed by atoms with Crippen LogP contribution in [0.5, 0.6) is 0 Å². The van der Waals surface area contributed by atoms with Crippen LogP contribution in [0.3, 0.4) is 0 Å². The number of rotatable bonds is 5. The zero-order valence-corrected chi connectivity index (χ0v) is 26.2. The molecular weight excluding hydrogens is 569 g/mol. The Bertz CT molecular complexity index is 2650. The predicted octanol–water partition coefficient (Wildman–Crippen LogP) is 12.2. The largest absolute Gasteiger partial charge is 0.311 e. The van der Waals surface area contributed by atoms with Gasteiger partial charge in [0.15, 0.2) is 0 Å². The van der Waals surface area contributed by atoms with E-state index in [1.165, 1.54) is 22.3 Å². The fraction of sp³-hybridized carbons (Fsp3) is 0.0667. The van der Waals surface area contributed by atoms with E-state index >= 15 is 0 Å². The highest BCUT2D eigenvalue weighted by Gasteiger charge is 2.35. The van der Waals surface area contributed by atoms with Crippen LogP contribution in [0, 0.1) is 0 Å². The van der Waals surface area contributed by atoms with Crippen molar-refractivity contribution in [2.24, 2.45) is 0 Å². The van der Waals surface area contributed by atoms with Gasteiger partial charge in [-0.1, -0.05) is 117 Å². The van der Waals surface area contributed by atoms with Crippen molar-refractivity contribution < 1.29 is 6.85 Å². The molecule has 2 heteroatoms. The van der Waals surface area contributed by atoms with Gasteiger partial charge in [-0.25, -0.2) is 0 Å². The molecule has 0 unspecified atom stereocenters. The van der Waals surface area contributed by atoms with E-state index in [1.54, 1.807) is 36.4 Å². The molecule has 0 spiro atoms. The summed E-state index contributed by atoms with van der Waals surface area (Å²) in [5.41, 5.74) is 11.9. The lowest BCUT2D eigenvalue weighted by molar-refractivity contribution is 0.660. The van der Waals surface area contributed by atoms with Crippen LogP contribution in [0.2, 0.25) is 0 Å². The Balaban J connectivity index is 1.18. The first-order valence-corrected chi connectivity index (χ1v) is 15.9. The van der Waals surface area contributed by atoms with E-state index in [-0.39, 0.29) is 17.5 Å². The van der Waals surface area contributed by atoms with Gasteiger partial charge in [0.1, 0.15) is 0 Å². The molecule has 0 fully saturated rings. The molecule has 2 nitrogen and oxygen atoms in total. The monoisotopic (exact) mass is 607 g/mol. The van der Waals surface area contributed by atoms with Crippen molar-refractivity contribution in [3.63, 3.8) is 0 Å². The highest BCUT2D eigenvalue weighted by molar-refractivity contribution is 6.10. The van der Waals surface area contributed by atoms with Crippen LogP contribution in [-0.2, 0) is 5.41 Å². The zero-order chi connectivity index (χ0) is 35.9. The maximum atomic E-state index is 9.30. The van der Waals surface area contributed by atoms with Gasteiger partial charge >= 0.3 is 0 Å². The number of fused-ring (bicyclic) bond motifs is 6. The second-order valence-corrected chi connectivity index (χ2v) is 12.7. The molecule has 8 aromatic rings. The Labute approximate surface area is 282 Å². The number of hydrogen-bond acceptors (Lipinski definition) is 1. The molecule has 0 saturated heterocycles. The fourth-order valence-electron chi connectivity index (χ4n) is 7.36. The third-order valence-corrected chi connectivity index (χ3v) is 9.67. The van der Waals surface area contributed by atoms with Crippen molar-refractivity contribution in [2.75, 3.05) is 4.90 Å². The Morgan fingerprint density at radius 1 is 0.511 bits per heavy atom. The maximum Gasteiger partial charge on any atom is 0.0630 e. The number of para-hydroxylation sites is 3. The van der Waals surface area contributed by atoms with Crippen LogP contribution >= 0.6 is 0 Å². The Morgan fingerprint density at radius 2 is 1.15 bits per heavy atom. The van der Waals surface area contributed by atoms with Gasteiger partial charge in [-0.05, 0) is 100 Å². The first-order valence-electron chi connectivity index (χ1n) is 18.4. The van der Waals surface area contributed by atoms with Crippen LogP contribution in [0.25, 0.3) is 49.7 Å². The molecular formula is C45H34N2. The summed E-state index contributed by atoms with van der Waals surface area (Å²) >= 11 is 0.